The van der Waals surface area contributed by atoms with Crippen molar-refractivity contribution < 1.29 is 13.2 Å². The van der Waals surface area contributed by atoms with Crippen molar-refractivity contribution in [1.29, 1.82) is 0 Å². The smallest absolute Gasteiger partial charge is 0.252 e. The summed E-state index contributed by atoms with van der Waals surface area (Å²) in [5.74, 6) is 5.17. The summed E-state index contributed by atoms with van der Waals surface area (Å²) < 4.78 is 22.2. The summed E-state index contributed by atoms with van der Waals surface area (Å²) in [6.07, 6.45) is 1.15. The first kappa shape index (κ1) is 17.2. The summed E-state index contributed by atoms with van der Waals surface area (Å²) in [5, 5.41) is 2.65. The highest BCUT2D eigenvalue weighted by Gasteiger charge is 2.30. The van der Waals surface area contributed by atoms with Gasteiger partial charge in [0.2, 0.25) is 0 Å². The van der Waals surface area contributed by atoms with Gasteiger partial charge in [-0.2, -0.15) is 0 Å². The molecule has 1 aromatic carbocycles. The Kier molecular flexibility index (Phi) is 5.53. The molecule has 6 heteroatoms. The van der Waals surface area contributed by atoms with Crippen LogP contribution in [0.3, 0.4) is 0 Å². The fraction of sp³-hybridized carbons (Fsp3) is 0.400. The van der Waals surface area contributed by atoms with Crippen molar-refractivity contribution in [3.8, 4) is 11.8 Å². The van der Waals surface area contributed by atoms with Gasteiger partial charge in [0.1, 0.15) is 0 Å². The van der Waals surface area contributed by atoms with Crippen LogP contribution < -0.4 is 11.1 Å². The standard InChI is InChI=1S/C15H20N2O3S/c1-15(2,21(3,19)20)11-17-14(18)13-9-5-4-7-12(13)8-6-10-16/h4-5,7,9H,10-11,16H2,1-3H3,(H,17,18). The second-order valence-electron chi connectivity index (χ2n) is 5.27. The molecule has 0 unspecified atom stereocenters. The van der Waals surface area contributed by atoms with Gasteiger partial charge in [0.25, 0.3) is 5.91 Å². The lowest BCUT2D eigenvalue weighted by atomic mass is 10.1. The molecule has 0 spiro atoms. The van der Waals surface area contributed by atoms with Crippen LogP contribution in [-0.4, -0.2) is 38.4 Å². The molecule has 3 N–H and O–H groups in total. The predicted octanol–water partition coefficient (Wildman–Crippen LogP) is 0.550. The molecule has 0 radical (unpaired) electrons. The van der Waals surface area contributed by atoms with Crippen LogP contribution in [0.4, 0.5) is 0 Å². The Balaban J connectivity index is 2.92. The summed E-state index contributed by atoms with van der Waals surface area (Å²) in [7, 11) is -3.26. The number of amides is 1. The normalized spacial score (nSPS) is 11.4. The van der Waals surface area contributed by atoms with Crippen LogP contribution in [0.5, 0.6) is 0 Å². The molecular weight excluding hydrogens is 288 g/mol. The first-order valence-electron chi connectivity index (χ1n) is 6.45. The molecule has 0 aromatic heterocycles. The summed E-state index contributed by atoms with van der Waals surface area (Å²) >= 11 is 0. The Morgan fingerprint density at radius 1 is 1.33 bits per heavy atom. The molecular formula is C15H20N2O3S. The van der Waals surface area contributed by atoms with Gasteiger partial charge in [0.05, 0.1) is 16.9 Å². The number of benzene rings is 1. The van der Waals surface area contributed by atoms with Crippen molar-refractivity contribution in [1.82, 2.24) is 5.32 Å². The van der Waals surface area contributed by atoms with Gasteiger partial charge in [0, 0.05) is 18.4 Å². The van der Waals surface area contributed by atoms with Gasteiger partial charge in [-0.1, -0.05) is 24.0 Å². The topological polar surface area (TPSA) is 89.3 Å². The number of nitrogens with one attached hydrogen (secondary N) is 1. The fourth-order valence-corrected chi connectivity index (χ4v) is 1.79. The van der Waals surface area contributed by atoms with E-state index in [1.165, 1.54) is 0 Å². The number of carbonyl (C=O) groups is 1. The third-order valence-electron chi connectivity index (χ3n) is 3.18. The van der Waals surface area contributed by atoms with Crippen LogP contribution in [0, 0.1) is 11.8 Å². The molecule has 0 aliphatic carbocycles. The van der Waals surface area contributed by atoms with E-state index in [1.807, 2.05) is 0 Å². The molecule has 0 atom stereocenters. The maximum Gasteiger partial charge on any atom is 0.252 e. The van der Waals surface area contributed by atoms with Crippen molar-refractivity contribution in [3.63, 3.8) is 0 Å². The van der Waals surface area contributed by atoms with Crippen molar-refractivity contribution in [2.45, 2.75) is 18.6 Å². The quantitative estimate of drug-likeness (QED) is 0.795. The van der Waals surface area contributed by atoms with E-state index in [4.69, 9.17) is 5.73 Å². The molecule has 0 saturated carbocycles. The summed E-state index contributed by atoms with van der Waals surface area (Å²) in [6.45, 7) is 3.38. The van der Waals surface area contributed by atoms with Gasteiger partial charge in [0.15, 0.2) is 9.84 Å². The van der Waals surface area contributed by atoms with Crippen LogP contribution in [0.1, 0.15) is 29.8 Å². The van der Waals surface area contributed by atoms with Gasteiger partial charge in [-0.15, -0.1) is 0 Å². The second kappa shape index (κ2) is 6.74. The number of carbonyl (C=O) groups excluding carboxylic acids is 1. The zero-order valence-corrected chi connectivity index (χ0v) is 13.3. The van der Waals surface area contributed by atoms with E-state index in [1.54, 1.807) is 38.1 Å². The molecule has 0 aliphatic rings. The van der Waals surface area contributed by atoms with Crippen LogP contribution in [0.15, 0.2) is 24.3 Å². The summed E-state index contributed by atoms with van der Waals surface area (Å²) in [6, 6.07) is 6.87. The lowest BCUT2D eigenvalue weighted by molar-refractivity contribution is 0.0950. The average molecular weight is 308 g/mol. The van der Waals surface area contributed by atoms with Crippen LogP contribution >= 0.6 is 0 Å². The minimum atomic E-state index is -3.26. The van der Waals surface area contributed by atoms with Gasteiger partial charge >= 0.3 is 0 Å². The van der Waals surface area contributed by atoms with Gasteiger partial charge in [-0.05, 0) is 26.0 Å². The van der Waals surface area contributed by atoms with E-state index in [0.717, 1.165) is 6.26 Å². The predicted molar refractivity (Wildman–Crippen MR) is 83.6 cm³/mol. The van der Waals surface area contributed by atoms with E-state index in [-0.39, 0.29) is 19.0 Å². The number of nitrogens with two attached hydrogens (primary N) is 1. The molecule has 114 valence electrons. The van der Waals surface area contributed by atoms with Crippen molar-refractivity contribution in [2.24, 2.45) is 5.73 Å². The third-order valence-corrected chi connectivity index (χ3v) is 5.33. The molecule has 1 amide bonds. The Labute approximate surface area is 125 Å². The van der Waals surface area contributed by atoms with Crippen molar-refractivity contribution >= 4 is 15.7 Å². The lowest BCUT2D eigenvalue weighted by Gasteiger charge is -2.22. The number of hydrogen-bond acceptors (Lipinski definition) is 4. The molecule has 1 aromatic rings. The van der Waals surface area contributed by atoms with E-state index in [0.29, 0.717) is 11.1 Å². The van der Waals surface area contributed by atoms with Gasteiger partial charge < -0.3 is 11.1 Å². The highest BCUT2D eigenvalue weighted by atomic mass is 32.2. The van der Waals surface area contributed by atoms with Gasteiger partial charge in [-0.25, -0.2) is 8.42 Å². The Morgan fingerprint density at radius 2 is 1.95 bits per heavy atom. The van der Waals surface area contributed by atoms with E-state index in [2.05, 4.69) is 17.2 Å². The molecule has 0 bridgehead atoms. The summed E-state index contributed by atoms with van der Waals surface area (Å²) in [5.41, 5.74) is 6.30. The second-order valence-corrected chi connectivity index (χ2v) is 7.92. The van der Waals surface area contributed by atoms with Gasteiger partial charge in [-0.3, -0.25) is 4.79 Å². The largest absolute Gasteiger partial charge is 0.350 e. The first-order valence-corrected chi connectivity index (χ1v) is 8.34. The third kappa shape index (κ3) is 4.59. The molecule has 0 saturated heterocycles. The molecule has 0 aliphatic heterocycles. The maximum absolute atomic E-state index is 12.2. The number of rotatable bonds is 4. The Bertz CT molecular complexity index is 682. The van der Waals surface area contributed by atoms with Crippen LogP contribution in [0.25, 0.3) is 0 Å². The average Bonchev–Trinajstić information content (AvgIpc) is 2.41. The van der Waals surface area contributed by atoms with Crippen LogP contribution in [0.2, 0.25) is 0 Å². The number of hydrogen-bond donors (Lipinski definition) is 2. The summed E-state index contributed by atoms with van der Waals surface area (Å²) in [4.78, 5) is 12.2. The highest BCUT2D eigenvalue weighted by Crippen LogP contribution is 2.14. The first-order chi connectivity index (χ1) is 9.69. The lowest BCUT2D eigenvalue weighted by Crippen LogP contribution is -2.43. The monoisotopic (exact) mass is 308 g/mol. The highest BCUT2D eigenvalue weighted by molar-refractivity contribution is 7.92. The minimum Gasteiger partial charge on any atom is -0.350 e. The van der Waals surface area contributed by atoms with Crippen molar-refractivity contribution in [2.75, 3.05) is 19.3 Å². The van der Waals surface area contributed by atoms with E-state index < -0.39 is 14.6 Å². The Hall–Kier alpha value is -1.84. The maximum atomic E-state index is 12.2. The van der Waals surface area contributed by atoms with Crippen LogP contribution in [-0.2, 0) is 9.84 Å². The molecule has 5 nitrogen and oxygen atoms in total. The number of sulfone groups is 1. The SMILES string of the molecule is CC(C)(CNC(=O)c1ccccc1C#CCN)S(C)(=O)=O. The molecule has 0 fully saturated rings. The molecule has 1 rings (SSSR count). The Morgan fingerprint density at radius 3 is 2.52 bits per heavy atom. The van der Waals surface area contributed by atoms with E-state index >= 15 is 0 Å². The molecule has 0 heterocycles. The molecule has 21 heavy (non-hydrogen) atoms. The van der Waals surface area contributed by atoms with E-state index in [9.17, 15) is 13.2 Å². The zero-order valence-electron chi connectivity index (χ0n) is 12.4. The van der Waals surface area contributed by atoms with Crippen molar-refractivity contribution in [3.05, 3.63) is 35.4 Å². The zero-order chi connectivity index (χ0) is 16.1. The minimum absolute atomic E-state index is 0.0311. The fourth-order valence-electron chi connectivity index (χ4n) is 1.46.